The van der Waals surface area contributed by atoms with Crippen LogP contribution in [0.25, 0.3) is 0 Å². The van der Waals surface area contributed by atoms with E-state index < -0.39 is 97.5 Å². The summed E-state index contributed by atoms with van der Waals surface area (Å²) in [7, 11) is -9.92. The third-order valence-electron chi connectivity index (χ3n) is 20.2. The number of hydrogen-bond donors (Lipinski definition) is 3. The van der Waals surface area contributed by atoms with E-state index in [4.69, 9.17) is 37.0 Å². The highest BCUT2D eigenvalue weighted by molar-refractivity contribution is 7.47. The molecule has 0 heterocycles. The summed E-state index contributed by atoms with van der Waals surface area (Å²) in [5.74, 6) is 1.08. The predicted molar refractivity (Wildman–Crippen MR) is 414 cm³/mol. The highest BCUT2D eigenvalue weighted by Crippen LogP contribution is 2.45. The molecule has 0 spiro atoms. The van der Waals surface area contributed by atoms with Crippen LogP contribution in [0, 0.1) is 23.7 Å². The summed E-state index contributed by atoms with van der Waals surface area (Å²) in [4.78, 5) is 73.1. The van der Waals surface area contributed by atoms with Crippen molar-refractivity contribution < 1.29 is 80.2 Å². The van der Waals surface area contributed by atoms with Gasteiger partial charge in [-0.2, -0.15) is 0 Å². The van der Waals surface area contributed by atoms with Crippen molar-refractivity contribution in [2.45, 2.75) is 440 Å². The van der Waals surface area contributed by atoms with Crippen LogP contribution in [0.2, 0.25) is 0 Å². The minimum absolute atomic E-state index is 0.106. The lowest BCUT2D eigenvalue weighted by Crippen LogP contribution is -2.30. The molecule has 101 heavy (non-hydrogen) atoms. The van der Waals surface area contributed by atoms with Crippen molar-refractivity contribution >= 4 is 39.5 Å². The summed E-state index contributed by atoms with van der Waals surface area (Å²) in [6.07, 6.45) is 58.2. The Labute approximate surface area is 619 Å². The van der Waals surface area contributed by atoms with Gasteiger partial charge < -0.3 is 33.8 Å². The molecule has 0 aromatic rings. The van der Waals surface area contributed by atoms with Gasteiger partial charge in [-0.15, -0.1) is 0 Å². The van der Waals surface area contributed by atoms with E-state index in [1.165, 1.54) is 218 Å². The molecule has 17 nitrogen and oxygen atoms in total. The van der Waals surface area contributed by atoms with Crippen molar-refractivity contribution in [2.75, 3.05) is 39.6 Å². The molecule has 3 N–H and O–H groups in total. The van der Waals surface area contributed by atoms with Crippen LogP contribution in [-0.4, -0.2) is 96.7 Å². The molecule has 0 aromatic carbocycles. The van der Waals surface area contributed by atoms with Crippen molar-refractivity contribution in [1.82, 2.24) is 0 Å². The van der Waals surface area contributed by atoms with E-state index in [2.05, 4.69) is 55.4 Å². The van der Waals surface area contributed by atoms with Gasteiger partial charge in [0, 0.05) is 25.7 Å². The zero-order chi connectivity index (χ0) is 74.6. The van der Waals surface area contributed by atoms with Gasteiger partial charge in [-0.25, -0.2) is 9.13 Å². The number of aliphatic hydroxyl groups is 1. The maximum absolute atomic E-state index is 13.1. The molecule has 0 saturated heterocycles. The van der Waals surface area contributed by atoms with E-state index in [1.807, 2.05) is 0 Å². The quantitative estimate of drug-likeness (QED) is 0.0222. The molecule has 0 aliphatic carbocycles. The molecule has 0 aromatic heterocycles. The standard InChI is InChI=1S/C82H160O17P2/c1-9-73(6)59-51-43-35-29-23-19-16-17-21-25-32-38-48-56-64-81(86)99-78(69-93-80(85)63-55-47-41-40-45-53-61-75(8)11-3)71-97-101(90,91)95-67-76(83)66-94-100(88,89)96-70-77(98-82(87)65-57-49-39-33-27-26-30-36-44-52-60-74(7)10-2)68-92-79(84)62-54-46-37-31-24-20-15-13-12-14-18-22-28-34-42-50-58-72(4)5/h72-78,83H,9-71H2,1-8H3,(H,88,89)(H,90,91)/t73?,74?,75?,76-,77-,78-/m1/s1. The summed E-state index contributed by atoms with van der Waals surface area (Å²) in [6, 6.07) is 0. The van der Waals surface area contributed by atoms with E-state index >= 15 is 0 Å². The van der Waals surface area contributed by atoms with Gasteiger partial charge in [-0.05, 0) is 49.4 Å². The number of hydrogen-bond acceptors (Lipinski definition) is 15. The van der Waals surface area contributed by atoms with Crippen LogP contribution >= 0.6 is 15.6 Å². The predicted octanol–water partition coefficient (Wildman–Crippen LogP) is 24.4. The lowest BCUT2D eigenvalue weighted by atomic mass is 9.99. The molecule has 8 atom stereocenters. The smallest absolute Gasteiger partial charge is 0.462 e. The molecule has 0 aliphatic heterocycles. The highest BCUT2D eigenvalue weighted by atomic mass is 31.2. The third-order valence-corrected chi connectivity index (χ3v) is 22.1. The van der Waals surface area contributed by atoms with Crippen molar-refractivity contribution in [2.24, 2.45) is 23.7 Å². The second kappa shape index (κ2) is 71.0. The molecule has 0 fully saturated rings. The Morgan fingerprint density at radius 1 is 0.277 bits per heavy atom. The first-order valence-electron chi connectivity index (χ1n) is 42.3. The normalized spacial score (nSPS) is 14.8. The largest absolute Gasteiger partial charge is 0.472 e. The number of phosphoric ester groups is 2. The van der Waals surface area contributed by atoms with Gasteiger partial charge in [0.05, 0.1) is 26.4 Å². The number of phosphoric acid groups is 2. The summed E-state index contributed by atoms with van der Waals surface area (Å²) in [5.41, 5.74) is 0. The Hall–Kier alpha value is -1.94. The van der Waals surface area contributed by atoms with Gasteiger partial charge in [-0.1, -0.05) is 370 Å². The zero-order valence-corrected chi connectivity index (χ0v) is 68.3. The van der Waals surface area contributed by atoms with E-state index in [0.717, 1.165) is 120 Å². The van der Waals surface area contributed by atoms with Gasteiger partial charge >= 0.3 is 39.5 Å². The van der Waals surface area contributed by atoms with E-state index in [-0.39, 0.29) is 25.7 Å². The van der Waals surface area contributed by atoms with Crippen molar-refractivity contribution in [3.8, 4) is 0 Å². The fraction of sp³-hybridized carbons (Fsp3) is 0.951. The van der Waals surface area contributed by atoms with E-state index in [0.29, 0.717) is 25.7 Å². The fourth-order valence-electron chi connectivity index (χ4n) is 12.5. The average Bonchev–Trinajstić information content (AvgIpc) is 0.960. The molecule has 0 radical (unpaired) electrons. The number of unbranched alkanes of at least 4 members (excludes halogenated alkanes) is 42. The number of carbonyl (C=O) groups excluding carboxylic acids is 4. The van der Waals surface area contributed by atoms with Gasteiger partial charge in [0.25, 0.3) is 0 Å². The molecular formula is C82H160O17P2. The number of carbonyl (C=O) groups is 4. The Morgan fingerprint density at radius 3 is 0.703 bits per heavy atom. The molecule has 600 valence electrons. The van der Waals surface area contributed by atoms with Crippen LogP contribution in [0.5, 0.6) is 0 Å². The Kier molecular flexibility index (Phi) is 69.6. The van der Waals surface area contributed by atoms with Gasteiger partial charge in [-0.3, -0.25) is 37.3 Å². The van der Waals surface area contributed by atoms with E-state index in [1.54, 1.807) is 0 Å². The number of ether oxygens (including phenoxy) is 4. The van der Waals surface area contributed by atoms with Gasteiger partial charge in [0.1, 0.15) is 19.3 Å². The minimum Gasteiger partial charge on any atom is -0.462 e. The fourth-order valence-corrected chi connectivity index (χ4v) is 14.1. The second-order valence-electron chi connectivity index (χ2n) is 30.7. The highest BCUT2D eigenvalue weighted by Gasteiger charge is 2.30. The van der Waals surface area contributed by atoms with E-state index in [9.17, 15) is 43.2 Å². The first-order chi connectivity index (χ1) is 48.7. The van der Waals surface area contributed by atoms with Gasteiger partial charge in [0.2, 0.25) is 0 Å². The van der Waals surface area contributed by atoms with Crippen LogP contribution in [0.15, 0.2) is 0 Å². The SMILES string of the molecule is CCC(C)CCCCCCCCCCCCCCCCC(=O)O[C@H](COC(=O)CCCCCCCCC(C)CC)COP(=O)(O)OC[C@H](O)COP(=O)(O)OC[C@@H](COC(=O)CCCCCCCCCCCCCCCCCCC(C)C)OC(=O)CCCCCCCCCCCCC(C)CC. The minimum atomic E-state index is -4.96. The Morgan fingerprint density at radius 2 is 0.475 bits per heavy atom. The van der Waals surface area contributed by atoms with Crippen molar-refractivity contribution in [1.29, 1.82) is 0 Å². The van der Waals surface area contributed by atoms with Crippen molar-refractivity contribution in [3.05, 3.63) is 0 Å². The number of rotatable bonds is 79. The monoisotopic (exact) mass is 1480 g/mol. The molecule has 0 amide bonds. The van der Waals surface area contributed by atoms with Crippen LogP contribution in [0.4, 0.5) is 0 Å². The van der Waals surface area contributed by atoms with Gasteiger partial charge in [0.15, 0.2) is 12.2 Å². The maximum Gasteiger partial charge on any atom is 0.472 e. The molecular weight excluding hydrogens is 1320 g/mol. The first-order valence-corrected chi connectivity index (χ1v) is 45.3. The molecule has 0 rings (SSSR count). The Balaban J connectivity index is 5.23. The molecule has 0 bridgehead atoms. The maximum atomic E-state index is 13.1. The second-order valence-corrected chi connectivity index (χ2v) is 33.6. The van der Waals surface area contributed by atoms with Crippen LogP contribution in [0.3, 0.4) is 0 Å². The number of aliphatic hydroxyl groups excluding tert-OH is 1. The summed E-state index contributed by atoms with van der Waals surface area (Å²) < 4.78 is 68.8. The van der Waals surface area contributed by atoms with Crippen LogP contribution < -0.4 is 0 Å². The third kappa shape index (κ3) is 72.1. The zero-order valence-electron chi connectivity index (χ0n) is 66.5. The Bertz CT molecular complexity index is 1980. The summed E-state index contributed by atoms with van der Waals surface area (Å²) >= 11 is 0. The number of esters is 4. The first kappa shape index (κ1) is 99.1. The lowest BCUT2D eigenvalue weighted by molar-refractivity contribution is -0.161. The molecule has 0 saturated carbocycles. The lowest BCUT2D eigenvalue weighted by Gasteiger charge is -2.21. The summed E-state index contributed by atoms with van der Waals surface area (Å²) in [5, 5.41) is 10.6. The van der Waals surface area contributed by atoms with Crippen molar-refractivity contribution in [3.63, 3.8) is 0 Å². The summed E-state index contributed by atoms with van der Waals surface area (Å²) in [6.45, 7) is 14.3. The average molecular weight is 1480 g/mol. The van der Waals surface area contributed by atoms with Crippen LogP contribution in [-0.2, 0) is 65.4 Å². The van der Waals surface area contributed by atoms with Crippen LogP contribution in [0.1, 0.15) is 421 Å². The molecule has 5 unspecified atom stereocenters. The molecule has 19 heteroatoms. The topological polar surface area (TPSA) is 237 Å². The molecule has 0 aliphatic rings.